The van der Waals surface area contributed by atoms with Gasteiger partial charge in [0.1, 0.15) is 5.69 Å². The maximum Gasteiger partial charge on any atom is 0.303 e. The van der Waals surface area contributed by atoms with Crippen LogP contribution in [0.15, 0.2) is 36.5 Å². The minimum atomic E-state index is -0.820. The molecule has 1 aromatic carbocycles. The maximum absolute atomic E-state index is 12.3. The first-order valence-corrected chi connectivity index (χ1v) is 9.83. The van der Waals surface area contributed by atoms with Crippen molar-refractivity contribution in [1.29, 1.82) is 0 Å². The van der Waals surface area contributed by atoms with Crippen molar-refractivity contribution >= 4 is 23.5 Å². The molecular formula is C22H23N5O3. The van der Waals surface area contributed by atoms with Crippen LogP contribution in [0.3, 0.4) is 0 Å². The van der Waals surface area contributed by atoms with Crippen molar-refractivity contribution < 1.29 is 14.7 Å². The van der Waals surface area contributed by atoms with E-state index < -0.39 is 5.97 Å². The van der Waals surface area contributed by atoms with Crippen molar-refractivity contribution in [3.05, 3.63) is 59.0 Å². The summed E-state index contributed by atoms with van der Waals surface area (Å²) in [6.07, 6.45) is 2.23. The summed E-state index contributed by atoms with van der Waals surface area (Å²) in [4.78, 5) is 32.1. The van der Waals surface area contributed by atoms with Gasteiger partial charge in [0, 0.05) is 42.7 Å². The summed E-state index contributed by atoms with van der Waals surface area (Å²) in [7, 11) is 0. The largest absolute Gasteiger partial charge is 0.481 e. The van der Waals surface area contributed by atoms with Gasteiger partial charge >= 0.3 is 5.97 Å². The SMILES string of the molecule is Cc1c(-c2ccnc(Nc3cccc(CCC(=O)O)c3)n2)c(C)n2c1C(=O)NCC2. The minimum Gasteiger partial charge on any atom is -0.481 e. The first-order chi connectivity index (χ1) is 14.4. The lowest BCUT2D eigenvalue weighted by molar-refractivity contribution is -0.136. The van der Waals surface area contributed by atoms with E-state index in [0.717, 1.165) is 40.3 Å². The molecule has 0 bridgehead atoms. The van der Waals surface area contributed by atoms with Gasteiger partial charge in [-0.1, -0.05) is 12.1 Å². The first kappa shape index (κ1) is 19.6. The molecule has 0 aliphatic carbocycles. The van der Waals surface area contributed by atoms with Crippen molar-refractivity contribution in [3.8, 4) is 11.3 Å². The van der Waals surface area contributed by atoms with Gasteiger partial charge in [-0.25, -0.2) is 9.97 Å². The van der Waals surface area contributed by atoms with E-state index in [1.807, 2.05) is 48.7 Å². The lowest BCUT2D eigenvalue weighted by Crippen LogP contribution is -2.35. The van der Waals surface area contributed by atoms with E-state index in [4.69, 9.17) is 5.11 Å². The van der Waals surface area contributed by atoms with Gasteiger partial charge in [-0.05, 0) is 49.6 Å². The number of aliphatic carboxylic acids is 1. The number of amides is 1. The lowest BCUT2D eigenvalue weighted by Gasteiger charge is -2.17. The van der Waals surface area contributed by atoms with E-state index in [1.165, 1.54) is 0 Å². The van der Waals surface area contributed by atoms with Gasteiger partial charge in [0.15, 0.2) is 0 Å². The zero-order valence-electron chi connectivity index (χ0n) is 16.9. The molecule has 8 nitrogen and oxygen atoms in total. The second-order valence-corrected chi connectivity index (χ2v) is 7.33. The van der Waals surface area contributed by atoms with Gasteiger partial charge in [0.2, 0.25) is 5.95 Å². The molecule has 0 atom stereocenters. The monoisotopic (exact) mass is 405 g/mol. The summed E-state index contributed by atoms with van der Waals surface area (Å²) in [6, 6.07) is 9.40. The van der Waals surface area contributed by atoms with Gasteiger partial charge in [0.25, 0.3) is 5.91 Å². The summed E-state index contributed by atoms with van der Waals surface area (Å²) in [5, 5.41) is 15.0. The summed E-state index contributed by atoms with van der Waals surface area (Å²) < 4.78 is 2.05. The summed E-state index contributed by atoms with van der Waals surface area (Å²) in [5.41, 5.74) is 6.02. The molecule has 0 fully saturated rings. The number of carboxylic acids is 1. The Bertz CT molecular complexity index is 1140. The molecule has 3 heterocycles. The molecule has 4 rings (SSSR count). The van der Waals surface area contributed by atoms with Crippen LogP contribution in [-0.4, -0.2) is 38.1 Å². The van der Waals surface area contributed by atoms with Gasteiger partial charge < -0.3 is 20.3 Å². The minimum absolute atomic E-state index is 0.0568. The first-order valence-electron chi connectivity index (χ1n) is 9.83. The van der Waals surface area contributed by atoms with E-state index >= 15 is 0 Å². The molecule has 30 heavy (non-hydrogen) atoms. The highest BCUT2D eigenvalue weighted by Gasteiger charge is 2.26. The van der Waals surface area contributed by atoms with E-state index in [9.17, 15) is 9.59 Å². The molecule has 154 valence electrons. The third-order valence-corrected chi connectivity index (χ3v) is 5.33. The van der Waals surface area contributed by atoms with Crippen LogP contribution in [0.1, 0.15) is 33.7 Å². The fraction of sp³-hybridized carbons (Fsp3) is 0.273. The standard InChI is InChI=1S/C22H23N5O3/c1-13-19(14(2)27-11-10-23-21(30)20(13)27)17-8-9-24-22(26-17)25-16-5-3-4-15(12-16)6-7-18(28)29/h3-5,8-9,12H,6-7,10-11H2,1-2H3,(H,23,30)(H,28,29)(H,24,25,26). The number of aromatic nitrogens is 3. The Labute approximate surface area is 174 Å². The van der Waals surface area contributed by atoms with Gasteiger partial charge in [0.05, 0.1) is 5.69 Å². The second kappa shape index (κ2) is 7.98. The van der Waals surface area contributed by atoms with E-state index in [0.29, 0.717) is 24.6 Å². The van der Waals surface area contributed by atoms with Crippen molar-refractivity contribution in [1.82, 2.24) is 19.9 Å². The predicted octanol–water partition coefficient (Wildman–Crippen LogP) is 3.07. The summed E-state index contributed by atoms with van der Waals surface area (Å²) >= 11 is 0. The number of aryl methyl sites for hydroxylation is 1. The number of rotatable bonds is 6. The second-order valence-electron chi connectivity index (χ2n) is 7.33. The number of hydrogen-bond acceptors (Lipinski definition) is 5. The number of benzene rings is 1. The Morgan fingerprint density at radius 3 is 2.90 bits per heavy atom. The summed E-state index contributed by atoms with van der Waals surface area (Å²) in [6.45, 7) is 5.31. The molecule has 1 aliphatic heterocycles. The Morgan fingerprint density at radius 2 is 2.13 bits per heavy atom. The number of carbonyl (C=O) groups excluding carboxylic acids is 1. The molecule has 1 aliphatic rings. The third kappa shape index (κ3) is 3.76. The number of fused-ring (bicyclic) bond motifs is 1. The van der Waals surface area contributed by atoms with Crippen LogP contribution in [0.25, 0.3) is 11.3 Å². The van der Waals surface area contributed by atoms with Crippen LogP contribution in [-0.2, 0) is 17.8 Å². The fourth-order valence-corrected chi connectivity index (χ4v) is 3.95. The quantitative estimate of drug-likeness (QED) is 0.582. The van der Waals surface area contributed by atoms with Gasteiger partial charge in [-0.15, -0.1) is 0 Å². The number of carbonyl (C=O) groups is 2. The van der Waals surface area contributed by atoms with Crippen LogP contribution in [0.5, 0.6) is 0 Å². The number of nitrogens with zero attached hydrogens (tertiary/aromatic N) is 3. The predicted molar refractivity (Wildman–Crippen MR) is 113 cm³/mol. The molecule has 0 spiro atoms. The van der Waals surface area contributed by atoms with Crippen LogP contribution in [0, 0.1) is 13.8 Å². The molecule has 3 N–H and O–H groups in total. The Hall–Kier alpha value is -3.68. The molecule has 0 saturated heterocycles. The Morgan fingerprint density at radius 1 is 1.30 bits per heavy atom. The maximum atomic E-state index is 12.3. The molecular weight excluding hydrogens is 382 g/mol. The normalized spacial score (nSPS) is 12.9. The van der Waals surface area contributed by atoms with Gasteiger partial charge in [-0.2, -0.15) is 0 Å². The van der Waals surface area contributed by atoms with Crippen molar-refractivity contribution in [2.24, 2.45) is 0 Å². The Kier molecular flexibility index (Phi) is 5.22. The highest BCUT2D eigenvalue weighted by atomic mass is 16.4. The number of hydrogen-bond donors (Lipinski definition) is 3. The van der Waals surface area contributed by atoms with Crippen LogP contribution < -0.4 is 10.6 Å². The molecule has 0 saturated carbocycles. The number of carboxylic acid groups (broad SMARTS) is 1. The van der Waals surface area contributed by atoms with Gasteiger partial charge in [-0.3, -0.25) is 9.59 Å². The average molecular weight is 405 g/mol. The third-order valence-electron chi connectivity index (χ3n) is 5.33. The van der Waals surface area contributed by atoms with E-state index in [1.54, 1.807) is 6.20 Å². The molecule has 0 radical (unpaired) electrons. The zero-order chi connectivity index (χ0) is 21.3. The highest BCUT2D eigenvalue weighted by Crippen LogP contribution is 2.32. The molecule has 3 aromatic rings. The van der Waals surface area contributed by atoms with E-state index in [2.05, 4.69) is 20.6 Å². The number of anilines is 2. The smallest absolute Gasteiger partial charge is 0.303 e. The molecule has 1 amide bonds. The molecule has 0 unspecified atom stereocenters. The summed E-state index contributed by atoms with van der Waals surface area (Å²) in [5.74, 6) is -0.437. The lowest BCUT2D eigenvalue weighted by atomic mass is 10.1. The molecule has 2 aromatic heterocycles. The average Bonchev–Trinajstić information content (AvgIpc) is 2.98. The van der Waals surface area contributed by atoms with Crippen molar-refractivity contribution in [2.45, 2.75) is 33.2 Å². The fourth-order valence-electron chi connectivity index (χ4n) is 3.95. The topological polar surface area (TPSA) is 109 Å². The Balaban J connectivity index is 1.63. The zero-order valence-corrected chi connectivity index (χ0v) is 16.9. The van der Waals surface area contributed by atoms with Crippen molar-refractivity contribution in [2.75, 3.05) is 11.9 Å². The highest BCUT2D eigenvalue weighted by molar-refractivity contribution is 5.97. The van der Waals surface area contributed by atoms with Crippen LogP contribution in [0.2, 0.25) is 0 Å². The van der Waals surface area contributed by atoms with Crippen LogP contribution in [0.4, 0.5) is 11.6 Å². The molecule has 8 heteroatoms. The van der Waals surface area contributed by atoms with Crippen molar-refractivity contribution in [3.63, 3.8) is 0 Å². The van der Waals surface area contributed by atoms with E-state index in [-0.39, 0.29) is 12.3 Å². The van der Waals surface area contributed by atoms with Crippen LogP contribution >= 0.6 is 0 Å². The number of nitrogens with one attached hydrogen (secondary N) is 2.